The molecule has 2 heterocycles. The van der Waals surface area contributed by atoms with Crippen molar-refractivity contribution in [2.45, 2.75) is 38.8 Å². The fourth-order valence-corrected chi connectivity index (χ4v) is 4.63. The molecule has 26 heavy (non-hydrogen) atoms. The molecule has 1 aliphatic carbocycles. The van der Waals surface area contributed by atoms with E-state index in [4.69, 9.17) is 0 Å². The van der Waals surface area contributed by atoms with Gasteiger partial charge in [-0.25, -0.2) is 9.37 Å². The van der Waals surface area contributed by atoms with Gasteiger partial charge < -0.3 is 5.32 Å². The number of carbonyl (C=O) groups is 1. The van der Waals surface area contributed by atoms with Crippen LogP contribution >= 0.6 is 11.3 Å². The second kappa shape index (κ2) is 6.64. The number of carbonyl (C=O) groups excluding carboxylic acids is 1. The number of rotatable bonds is 4. The summed E-state index contributed by atoms with van der Waals surface area (Å²) in [7, 11) is 0. The Bertz CT molecular complexity index is 1040. The first-order chi connectivity index (χ1) is 12.5. The highest BCUT2D eigenvalue weighted by atomic mass is 32.1. The number of thiophene rings is 1. The van der Waals surface area contributed by atoms with Gasteiger partial charge in [0.15, 0.2) is 0 Å². The molecule has 7 heteroatoms. The smallest absolute Gasteiger partial charge is 0.262 e. The Balaban J connectivity index is 1.53. The van der Waals surface area contributed by atoms with Crippen molar-refractivity contribution in [2.24, 2.45) is 0 Å². The molecule has 1 atom stereocenters. The summed E-state index contributed by atoms with van der Waals surface area (Å²) >= 11 is 1.58. The molecule has 0 bridgehead atoms. The van der Waals surface area contributed by atoms with Crippen molar-refractivity contribution in [1.82, 2.24) is 14.9 Å². The minimum absolute atomic E-state index is 0.0854. The SMILES string of the molecule is C[C@H](NC(=O)Cn1cnc2sc3c(c2c1=O)CCC3)c1ccc(F)cc1. The average molecular weight is 371 g/mol. The first-order valence-corrected chi connectivity index (χ1v) is 9.39. The van der Waals surface area contributed by atoms with Crippen LogP contribution < -0.4 is 10.9 Å². The van der Waals surface area contributed by atoms with Crippen LogP contribution in [0.1, 0.15) is 35.4 Å². The fraction of sp³-hybridized carbons (Fsp3) is 0.316. The Kier molecular flexibility index (Phi) is 4.32. The molecule has 0 spiro atoms. The molecule has 2 aromatic heterocycles. The van der Waals surface area contributed by atoms with E-state index in [9.17, 15) is 14.0 Å². The van der Waals surface area contributed by atoms with Gasteiger partial charge in [-0.2, -0.15) is 0 Å². The van der Waals surface area contributed by atoms with Gasteiger partial charge in [0.1, 0.15) is 17.2 Å². The number of nitrogens with zero attached hydrogens (tertiary/aromatic N) is 2. The van der Waals surface area contributed by atoms with Gasteiger partial charge in [-0.05, 0) is 49.4 Å². The maximum Gasteiger partial charge on any atom is 0.262 e. The number of amides is 1. The largest absolute Gasteiger partial charge is 0.348 e. The van der Waals surface area contributed by atoms with Gasteiger partial charge in [0.2, 0.25) is 5.91 Å². The molecule has 3 aromatic rings. The Labute approximate surface area is 153 Å². The molecule has 1 N–H and O–H groups in total. The van der Waals surface area contributed by atoms with Crippen LogP contribution in [-0.2, 0) is 24.2 Å². The van der Waals surface area contributed by atoms with Crippen LogP contribution in [0.5, 0.6) is 0 Å². The van der Waals surface area contributed by atoms with Crippen LogP contribution in [0.2, 0.25) is 0 Å². The highest BCUT2D eigenvalue weighted by Crippen LogP contribution is 2.34. The van der Waals surface area contributed by atoms with Gasteiger partial charge >= 0.3 is 0 Å². The predicted octanol–water partition coefficient (Wildman–Crippen LogP) is 2.96. The first-order valence-electron chi connectivity index (χ1n) is 8.57. The molecule has 0 saturated heterocycles. The van der Waals surface area contributed by atoms with E-state index in [1.165, 1.54) is 27.9 Å². The van der Waals surface area contributed by atoms with Gasteiger partial charge in [-0.1, -0.05) is 12.1 Å². The maximum absolute atomic E-state index is 13.0. The Morgan fingerprint density at radius 2 is 2.12 bits per heavy atom. The standard InChI is InChI=1S/C19H18FN3O2S/c1-11(12-5-7-13(20)8-6-12)22-16(24)9-23-10-21-18-17(19(23)25)14-3-2-4-15(14)26-18/h5-8,10-11H,2-4,9H2,1H3,(H,22,24)/t11-/m0/s1. The van der Waals surface area contributed by atoms with Crippen LogP contribution in [0.4, 0.5) is 4.39 Å². The van der Waals surface area contributed by atoms with E-state index >= 15 is 0 Å². The highest BCUT2D eigenvalue weighted by molar-refractivity contribution is 7.18. The van der Waals surface area contributed by atoms with Crippen molar-refractivity contribution >= 4 is 27.5 Å². The molecule has 4 rings (SSSR count). The normalized spacial score (nSPS) is 14.4. The van der Waals surface area contributed by atoms with E-state index in [1.54, 1.807) is 23.5 Å². The molecule has 1 aliphatic rings. The third kappa shape index (κ3) is 3.03. The Morgan fingerprint density at radius 3 is 2.88 bits per heavy atom. The number of halogens is 1. The zero-order valence-corrected chi connectivity index (χ0v) is 15.1. The third-order valence-corrected chi connectivity index (χ3v) is 5.95. The lowest BCUT2D eigenvalue weighted by atomic mass is 10.1. The summed E-state index contributed by atoms with van der Waals surface area (Å²) in [4.78, 5) is 31.5. The van der Waals surface area contributed by atoms with Crippen molar-refractivity contribution in [3.8, 4) is 0 Å². The van der Waals surface area contributed by atoms with Crippen LogP contribution in [-0.4, -0.2) is 15.5 Å². The van der Waals surface area contributed by atoms with Crippen LogP contribution in [0.3, 0.4) is 0 Å². The van der Waals surface area contributed by atoms with E-state index in [-0.39, 0.29) is 29.9 Å². The number of hydrogen-bond acceptors (Lipinski definition) is 4. The summed E-state index contributed by atoms with van der Waals surface area (Å²) < 4.78 is 14.4. The van der Waals surface area contributed by atoms with Crippen LogP contribution in [0.15, 0.2) is 35.4 Å². The zero-order valence-electron chi connectivity index (χ0n) is 14.3. The summed E-state index contributed by atoms with van der Waals surface area (Å²) in [5.74, 6) is -0.599. The molecule has 0 fully saturated rings. The fourth-order valence-electron chi connectivity index (χ4n) is 3.41. The number of nitrogens with one attached hydrogen (secondary N) is 1. The molecule has 1 amide bonds. The summed E-state index contributed by atoms with van der Waals surface area (Å²) in [5, 5.41) is 3.51. The van der Waals surface area contributed by atoms with Gasteiger partial charge in [-0.3, -0.25) is 14.2 Å². The van der Waals surface area contributed by atoms with Crippen LogP contribution in [0, 0.1) is 5.82 Å². The lowest BCUT2D eigenvalue weighted by molar-refractivity contribution is -0.122. The van der Waals surface area contributed by atoms with Crippen LogP contribution in [0.25, 0.3) is 10.2 Å². The highest BCUT2D eigenvalue weighted by Gasteiger charge is 2.21. The second-order valence-electron chi connectivity index (χ2n) is 6.56. The monoisotopic (exact) mass is 371 g/mol. The van der Waals surface area contributed by atoms with E-state index in [0.29, 0.717) is 5.39 Å². The Hall–Kier alpha value is -2.54. The number of hydrogen-bond donors (Lipinski definition) is 1. The summed E-state index contributed by atoms with van der Waals surface area (Å²) in [6.45, 7) is 1.74. The molecular weight excluding hydrogens is 353 g/mol. The number of fused-ring (bicyclic) bond motifs is 3. The second-order valence-corrected chi connectivity index (χ2v) is 7.64. The van der Waals surface area contributed by atoms with E-state index in [2.05, 4.69) is 10.3 Å². The molecule has 1 aromatic carbocycles. The minimum Gasteiger partial charge on any atom is -0.348 e. The van der Waals surface area contributed by atoms with Crippen molar-refractivity contribution in [3.63, 3.8) is 0 Å². The Morgan fingerprint density at radius 1 is 1.35 bits per heavy atom. The van der Waals surface area contributed by atoms with E-state index in [1.807, 2.05) is 6.92 Å². The van der Waals surface area contributed by atoms with Gasteiger partial charge in [-0.15, -0.1) is 11.3 Å². The molecule has 0 radical (unpaired) electrons. The van der Waals surface area contributed by atoms with E-state index in [0.717, 1.165) is 35.2 Å². The predicted molar refractivity (Wildman–Crippen MR) is 98.9 cm³/mol. The summed E-state index contributed by atoms with van der Waals surface area (Å²) in [5.41, 5.74) is 1.76. The number of benzene rings is 1. The summed E-state index contributed by atoms with van der Waals surface area (Å²) in [6.07, 6.45) is 4.43. The number of aromatic nitrogens is 2. The maximum atomic E-state index is 13.0. The quantitative estimate of drug-likeness (QED) is 0.767. The lowest BCUT2D eigenvalue weighted by Crippen LogP contribution is -2.34. The molecular formula is C19H18FN3O2S. The third-order valence-electron chi connectivity index (χ3n) is 4.75. The first kappa shape index (κ1) is 16.9. The van der Waals surface area contributed by atoms with Gasteiger partial charge in [0.25, 0.3) is 5.56 Å². The van der Waals surface area contributed by atoms with E-state index < -0.39 is 0 Å². The topological polar surface area (TPSA) is 64.0 Å². The zero-order chi connectivity index (χ0) is 18.3. The molecule has 134 valence electrons. The summed E-state index contributed by atoms with van der Waals surface area (Å²) in [6, 6.07) is 5.71. The molecule has 0 unspecified atom stereocenters. The molecule has 0 saturated carbocycles. The average Bonchev–Trinajstić information content (AvgIpc) is 3.18. The van der Waals surface area contributed by atoms with Gasteiger partial charge in [0, 0.05) is 4.88 Å². The number of aryl methyl sites for hydroxylation is 2. The minimum atomic E-state index is -0.318. The van der Waals surface area contributed by atoms with Gasteiger partial charge in [0.05, 0.1) is 17.8 Å². The van der Waals surface area contributed by atoms with Crippen molar-refractivity contribution < 1.29 is 9.18 Å². The lowest BCUT2D eigenvalue weighted by Gasteiger charge is -2.15. The van der Waals surface area contributed by atoms with Crippen molar-refractivity contribution in [3.05, 3.63) is 62.8 Å². The molecule has 0 aliphatic heterocycles. The molecule has 5 nitrogen and oxygen atoms in total. The van der Waals surface area contributed by atoms with Crippen molar-refractivity contribution in [1.29, 1.82) is 0 Å². The van der Waals surface area contributed by atoms with Crippen molar-refractivity contribution in [2.75, 3.05) is 0 Å².